The van der Waals surface area contributed by atoms with Gasteiger partial charge in [-0.3, -0.25) is 9.48 Å². The predicted octanol–water partition coefficient (Wildman–Crippen LogP) is 0.481. The van der Waals surface area contributed by atoms with Crippen molar-refractivity contribution >= 4 is 15.9 Å². The number of amides is 1. The summed E-state index contributed by atoms with van der Waals surface area (Å²) in [6.45, 7) is 2.31. The Bertz CT molecular complexity index is 739. The predicted molar refractivity (Wildman–Crippen MR) is 92.1 cm³/mol. The van der Waals surface area contributed by atoms with Crippen LogP contribution in [0.5, 0.6) is 0 Å². The highest BCUT2D eigenvalue weighted by Crippen LogP contribution is 2.41. The lowest BCUT2D eigenvalue weighted by Gasteiger charge is -2.39. The number of nitrogens with one attached hydrogen (secondary N) is 1. The number of hydrogen-bond acceptors (Lipinski definition) is 5. The third-order valence-corrected chi connectivity index (χ3v) is 6.39. The molecule has 2 heterocycles. The van der Waals surface area contributed by atoms with Crippen LogP contribution in [0, 0.1) is 5.41 Å². The fraction of sp³-hybridized carbons (Fsp3) is 0.750. The van der Waals surface area contributed by atoms with E-state index in [-0.39, 0.29) is 5.91 Å². The van der Waals surface area contributed by atoms with Gasteiger partial charge in [0, 0.05) is 20.2 Å². The molecule has 0 aromatic carbocycles. The lowest BCUT2D eigenvalue weighted by Crippen LogP contribution is -2.48. The standard InChI is InChI=1S/C16H26N4O4S/c1-24-12-16(5-3-6-16)15(21)17-10-13-9-14-11-19(25(2,22)23)7-4-8-20(14)18-13/h9H,3-8,10-12H2,1-2H3,(H,17,21). The number of aromatic nitrogens is 2. The Labute approximate surface area is 148 Å². The average Bonchev–Trinajstić information content (AvgIpc) is 2.77. The first-order valence-electron chi connectivity index (χ1n) is 8.62. The minimum absolute atomic E-state index is 0.0153. The summed E-state index contributed by atoms with van der Waals surface area (Å²) in [6, 6.07) is 1.88. The summed E-state index contributed by atoms with van der Waals surface area (Å²) >= 11 is 0. The molecule has 0 saturated heterocycles. The van der Waals surface area contributed by atoms with E-state index >= 15 is 0 Å². The van der Waals surface area contributed by atoms with E-state index in [0.29, 0.717) is 32.8 Å². The van der Waals surface area contributed by atoms with Crippen molar-refractivity contribution in [3.63, 3.8) is 0 Å². The van der Waals surface area contributed by atoms with Gasteiger partial charge in [0.25, 0.3) is 0 Å². The maximum absolute atomic E-state index is 12.5. The smallest absolute Gasteiger partial charge is 0.228 e. The molecular weight excluding hydrogens is 344 g/mol. The highest BCUT2D eigenvalue weighted by molar-refractivity contribution is 7.88. The second-order valence-corrected chi connectivity index (χ2v) is 9.03. The van der Waals surface area contributed by atoms with Crippen LogP contribution in [-0.4, -0.2) is 54.9 Å². The summed E-state index contributed by atoms with van der Waals surface area (Å²) in [4.78, 5) is 12.5. The van der Waals surface area contributed by atoms with Crippen LogP contribution in [0.25, 0.3) is 0 Å². The van der Waals surface area contributed by atoms with Crippen molar-refractivity contribution in [2.45, 2.75) is 45.3 Å². The van der Waals surface area contributed by atoms with E-state index in [0.717, 1.165) is 37.1 Å². The molecule has 3 rings (SSSR count). The molecule has 8 nitrogen and oxygen atoms in total. The zero-order valence-electron chi connectivity index (χ0n) is 14.8. The highest BCUT2D eigenvalue weighted by Gasteiger charge is 2.44. The topological polar surface area (TPSA) is 93.5 Å². The van der Waals surface area contributed by atoms with Gasteiger partial charge >= 0.3 is 0 Å². The maximum atomic E-state index is 12.5. The Morgan fingerprint density at radius 2 is 2.12 bits per heavy atom. The summed E-state index contributed by atoms with van der Waals surface area (Å²) in [5, 5.41) is 7.49. The zero-order valence-corrected chi connectivity index (χ0v) is 15.6. The lowest BCUT2D eigenvalue weighted by atomic mass is 9.68. The normalized spacial score (nSPS) is 20.4. The van der Waals surface area contributed by atoms with Gasteiger partial charge in [0.15, 0.2) is 0 Å². The number of aryl methyl sites for hydroxylation is 1. The van der Waals surface area contributed by atoms with Crippen molar-refractivity contribution in [1.29, 1.82) is 0 Å². The van der Waals surface area contributed by atoms with Crippen LogP contribution < -0.4 is 5.32 Å². The second kappa shape index (κ2) is 7.05. The molecule has 0 unspecified atom stereocenters. The summed E-state index contributed by atoms with van der Waals surface area (Å²) in [7, 11) is -1.60. The number of hydrogen-bond donors (Lipinski definition) is 1. The van der Waals surface area contributed by atoms with E-state index in [4.69, 9.17) is 4.74 Å². The van der Waals surface area contributed by atoms with E-state index in [1.54, 1.807) is 7.11 Å². The molecule has 9 heteroatoms. The number of carbonyl (C=O) groups excluding carboxylic acids is 1. The fourth-order valence-electron chi connectivity index (χ4n) is 3.54. The third-order valence-electron chi connectivity index (χ3n) is 5.14. The van der Waals surface area contributed by atoms with Gasteiger partial charge in [0.2, 0.25) is 15.9 Å². The largest absolute Gasteiger partial charge is 0.384 e. The molecule has 1 saturated carbocycles. The van der Waals surface area contributed by atoms with E-state index in [2.05, 4.69) is 10.4 Å². The van der Waals surface area contributed by atoms with Crippen molar-refractivity contribution in [1.82, 2.24) is 19.4 Å². The Balaban J connectivity index is 1.65. The van der Waals surface area contributed by atoms with Crippen molar-refractivity contribution in [3.8, 4) is 0 Å². The van der Waals surface area contributed by atoms with Crippen LogP contribution in [0.2, 0.25) is 0 Å². The molecular formula is C16H26N4O4S. The number of ether oxygens (including phenoxy) is 1. The Morgan fingerprint density at radius 1 is 1.36 bits per heavy atom. The molecule has 1 aromatic rings. The van der Waals surface area contributed by atoms with Gasteiger partial charge in [-0.15, -0.1) is 0 Å². The quantitative estimate of drug-likeness (QED) is 0.786. The fourth-order valence-corrected chi connectivity index (χ4v) is 4.36. The van der Waals surface area contributed by atoms with Gasteiger partial charge in [0.1, 0.15) is 0 Å². The summed E-state index contributed by atoms with van der Waals surface area (Å²) < 4.78 is 32.1. The van der Waals surface area contributed by atoms with E-state index in [1.165, 1.54) is 10.6 Å². The lowest BCUT2D eigenvalue weighted by molar-refractivity contribution is -0.140. The van der Waals surface area contributed by atoms with Crippen molar-refractivity contribution in [2.24, 2.45) is 5.41 Å². The minimum Gasteiger partial charge on any atom is -0.384 e. The molecule has 1 N–H and O–H groups in total. The van der Waals surface area contributed by atoms with Gasteiger partial charge in [0.05, 0.1) is 42.8 Å². The maximum Gasteiger partial charge on any atom is 0.228 e. The molecule has 0 bridgehead atoms. The number of fused-ring (bicyclic) bond motifs is 1. The summed E-state index contributed by atoms with van der Waals surface area (Å²) in [6.07, 6.45) is 4.72. The second-order valence-electron chi connectivity index (χ2n) is 7.05. The number of sulfonamides is 1. The molecule has 1 aromatic heterocycles. The molecule has 140 valence electrons. The Kier molecular flexibility index (Phi) is 5.17. The molecule has 0 radical (unpaired) electrons. The first-order valence-corrected chi connectivity index (χ1v) is 10.5. The van der Waals surface area contributed by atoms with Crippen LogP contribution in [0.3, 0.4) is 0 Å². The molecule has 25 heavy (non-hydrogen) atoms. The van der Waals surface area contributed by atoms with Gasteiger partial charge in [-0.25, -0.2) is 8.42 Å². The number of nitrogens with zero attached hydrogens (tertiary/aromatic N) is 3. The van der Waals surface area contributed by atoms with Crippen LogP contribution in [-0.2, 0) is 39.2 Å². The van der Waals surface area contributed by atoms with Crippen LogP contribution in [0.4, 0.5) is 0 Å². The molecule has 1 fully saturated rings. The molecule has 2 aliphatic rings. The van der Waals surface area contributed by atoms with Crippen LogP contribution in [0.15, 0.2) is 6.07 Å². The molecule has 0 spiro atoms. The van der Waals surface area contributed by atoms with E-state index in [9.17, 15) is 13.2 Å². The van der Waals surface area contributed by atoms with Crippen molar-refractivity contribution in [3.05, 3.63) is 17.5 Å². The Morgan fingerprint density at radius 3 is 2.72 bits per heavy atom. The highest BCUT2D eigenvalue weighted by atomic mass is 32.2. The van der Waals surface area contributed by atoms with Gasteiger partial charge in [-0.2, -0.15) is 9.40 Å². The zero-order chi connectivity index (χ0) is 18.1. The molecule has 0 atom stereocenters. The number of carbonyl (C=O) groups is 1. The van der Waals surface area contributed by atoms with Crippen molar-refractivity contribution in [2.75, 3.05) is 26.5 Å². The first kappa shape index (κ1) is 18.3. The number of rotatable bonds is 6. The first-order chi connectivity index (χ1) is 11.8. The van der Waals surface area contributed by atoms with Crippen LogP contribution >= 0.6 is 0 Å². The van der Waals surface area contributed by atoms with Gasteiger partial charge in [-0.1, -0.05) is 6.42 Å². The van der Waals surface area contributed by atoms with Crippen molar-refractivity contribution < 1.29 is 17.9 Å². The molecule has 1 aliphatic carbocycles. The van der Waals surface area contributed by atoms with E-state index in [1.807, 2.05) is 10.7 Å². The van der Waals surface area contributed by atoms with Gasteiger partial charge in [-0.05, 0) is 25.3 Å². The van der Waals surface area contributed by atoms with E-state index < -0.39 is 15.4 Å². The van der Waals surface area contributed by atoms with Crippen LogP contribution in [0.1, 0.15) is 37.1 Å². The minimum atomic E-state index is -3.22. The average molecular weight is 370 g/mol. The third kappa shape index (κ3) is 3.88. The summed E-state index contributed by atoms with van der Waals surface area (Å²) in [5.41, 5.74) is 1.23. The molecule has 1 aliphatic heterocycles. The summed E-state index contributed by atoms with van der Waals surface area (Å²) in [5.74, 6) is 0.0153. The Hall–Kier alpha value is -1.45. The monoisotopic (exact) mass is 370 g/mol. The number of methoxy groups -OCH3 is 1. The molecule has 1 amide bonds. The SMILES string of the molecule is COCC1(C(=O)NCc2cc3n(n2)CCCN(S(C)(=O)=O)C3)CCC1. The van der Waals surface area contributed by atoms with Gasteiger partial charge < -0.3 is 10.1 Å².